The number of nitrogens with zero attached hydrogens (tertiary/aromatic N) is 4. The minimum absolute atomic E-state index is 0.00936. The summed E-state index contributed by atoms with van der Waals surface area (Å²) in [6.07, 6.45) is 4.83. The quantitative estimate of drug-likeness (QED) is 0.299. The first-order valence-electron chi connectivity index (χ1n) is 9.84. The van der Waals surface area contributed by atoms with Crippen molar-refractivity contribution in [2.75, 3.05) is 30.5 Å². The van der Waals surface area contributed by atoms with E-state index in [1.165, 1.54) is 0 Å². The van der Waals surface area contributed by atoms with Gasteiger partial charge in [0.25, 0.3) is 0 Å². The van der Waals surface area contributed by atoms with E-state index in [9.17, 15) is 5.26 Å². The Labute approximate surface area is 180 Å². The van der Waals surface area contributed by atoms with Gasteiger partial charge >= 0.3 is 0 Å². The first kappa shape index (κ1) is 21.5. The monoisotopic (exact) mass is 420 g/mol. The molecule has 1 aliphatic heterocycles. The number of fused-ring (bicyclic) bond motifs is 1. The van der Waals surface area contributed by atoms with Gasteiger partial charge in [-0.25, -0.2) is 9.98 Å². The number of hydrogen-bond acceptors (Lipinski definition) is 10. The van der Waals surface area contributed by atoms with Crippen LogP contribution in [-0.4, -0.2) is 24.7 Å². The molecular formula is C21H24N8O2. The number of ether oxygens (including phenoxy) is 2. The van der Waals surface area contributed by atoms with E-state index in [1.807, 2.05) is 24.4 Å². The summed E-state index contributed by atoms with van der Waals surface area (Å²) in [6.45, 7) is 2.62. The predicted octanol–water partition coefficient (Wildman–Crippen LogP) is 2.64. The number of guanidine groups is 1. The molecule has 1 atom stereocenters. The molecule has 0 amide bonds. The second-order valence-corrected chi connectivity index (χ2v) is 6.84. The van der Waals surface area contributed by atoms with E-state index in [1.54, 1.807) is 13.2 Å². The lowest BCUT2D eigenvalue weighted by molar-refractivity contribution is 0.282. The molecule has 31 heavy (non-hydrogen) atoms. The number of methoxy groups -OCH3 is 1. The lowest BCUT2D eigenvalue weighted by Crippen LogP contribution is -2.33. The maximum absolute atomic E-state index is 9.49. The van der Waals surface area contributed by atoms with Gasteiger partial charge in [0.15, 0.2) is 17.7 Å². The summed E-state index contributed by atoms with van der Waals surface area (Å²) in [6, 6.07) is 6.74. The standard InChI is InChI=1S/C21H24N8O2/c1-3-4-5-9-31-18-12(7-6-8-14(18)30-2)17-15-16(24)13(10-22)19(25)28-20(15)29-21(27-17)26-11-23/h6-8,17H,3-5,9H2,1-2H3,(H6,24,25,26,27,28,29). The van der Waals surface area contributed by atoms with E-state index in [0.717, 1.165) is 19.3 Å². The highest BCUT2D eigenvalue weighted by Gasteiger charge is 2.32. The van der Waals surface area contributed by atoms with E-state index in [4.69, 9.17) is 26.2 Å². The number of rotatable bonds is 7. The number of nitrogens with two attached hydrogens (primary N) is 2. The smallest absolute Gasteiger partial charge is 0.211 e. The molecule has 0 bridgehead atoms. The summed E-state index contributed by atoms with van der Waals surface area (Å²) in [5, 5.41) is 24.0. The minimum Gasteiger partial charge on any atom is -0.493 e. The Kier molecular flexibility index (Phi) is 6.63. The van der Waals surface area contributed by atoms with Crippen molar-refractivity contribution in [3.63, 3.8) is 0 Å². The Balaban J connectivity index is 2.18. The average Bonchev–Trinajstić information content (AvgIpc) is 2.76. The second-order valence-electron chi connectivity index (χ2n) is 6.84. The number of nitrogens with one attached hydrogen (secondary N) is 2. The lowest BCUT2D eigenvalue weighted by Gasteiger charge is -2.27. The summed E-state index contributed by atoms with van der Waals surface area (Å²) in [7, 11) is 1.56. The molecule has 3 rings (SSSR count). The van der Waals surface area contributed by atoms with Crippen molar-refractivity contribution < 1.29 is 9.47 Å². The number of aliphatic imine (C=N–C) groups is 1. The highest BCUT2D eigenvalue weighted by molar-refractivity contribution is 5.98. The van der Waals surface area contributed by atoms with Gasteiger partial charge in [0.1, 0.15) is 29.3 Å². The zero-order valence-electron chi connectivity index (χ0n) is 17.4. The molecule has 0 aliphatic carbocycles. The third kappa shape index (κ3) is 4.23. The van der Waals surface area contributed by atoms with Crippen LogP contribution in [0.5, 0.6) is 11.5 Å². The van der Waals surface area contributed by atoms with Crippen LogP contribution in [-0.2, 0) is 0 Å². The number of unbranched alkanes of at least 4 members (excludes halogenated alkanes) is 2. The van der Waals surface area contributed by atoms with Gasteiger partial charge in [-0.3, -0.25) is 5.32 Å². The van der Waals surface area contributed by atoms with Crippen molar-refractivity contribution >= 4 is 23.3 Å². The molecule has 10 heteroatoms. The van der Waals surface area contributed by atoms with Crippen LogP contribution < -0.4 is 31.6 Å². The van der Waals surface area contributed by atoms with Crippen LogP contribution in [0.2, 0.25) is 0 Å². The Hall–Kier alpha value is -4.18. The Morgan fingerprint density at radius 3 is 2.74 bits per heavy atom. The molecule has 10 nitrogen and oxygen atoms in total. The van der Waals surface area contributed by atoms with E-state index < -0.39 is 6.04 Å². The molecular weight excluding hydrogens is 396 g/mol. The Morgan fingerprint density at radius 2 is 2.06 bits per heavy atom. The molecule has 1 aliphatic rings. The number of hydrogen-bond donors (Lipinski definition) is 4. The van der Waals surface area contributed by atoms with Crippen LogP contribution >= 0.6 is 0 Å². The summed E-state index contributed by atoms with van der Waals surface area (Å²) in [5.41, 5.74) is 13.6. The third-order valence-corrected chi connectivity index (χ3v) is 4.88. The van der Waals surface area contributed by atoms with Gasteiger partial charge in [-0.1, -0.05) is 31.9 Å². The van der Waals surface area contributed by atoms with Crippen LogP contribution in [0.4, 0.5) is 17.3 Å². The van der Waals surface area contributed by atoms with Gasteiger partial charge in [-0.05, 0) is 12.5 Å². The zero-order valence-corrected chi connectivity index (χ0v) is 17.4. The maximum Gasteiger partial charge on any atom is 0.211 e. The van der Waals surface area contributed by atoms with Gasteiger partial charge in [0.2, 0.25) is 5.96 Å². The van der Waals surface area contributed by atoms with Crippen LogP contribution in [0, 0.1) is 22.8 Å². The third-order valence-electron chi connectivity index (χ3n) is 4.88. The number of anilines is 3. The van der Waals surface area contributed by atoms with E-state index in [2.05, 4.69) is 27.5 Å². The normalized spacial score (nSPS) is 14.3. The van der Waals surface area contributed by atoms with Gasteiger partial charge in [-0.2, -0.15) is 10.5 Å². The summed E-state index contributed by atoms with van der Waals surface area (Å²) in [5.74, 6) is 1.54. The van der Waals surface area contributed by atoms with Crippen LogP contribution in [0.15, 0.2) is 23.2 Å². The number of para-hydroxylation sites is 1. The fraction of sp³-hybridized carbons (Fsp3) is 0.333. The topological polar surface area (TPSA) is 167 Å². The number of aromatic nitrogens is 1. The number of pyridine rings is 1. The summed E-state index contributed by atoms with van der Waals surface area (Å²) >= 11 is 0. The Morgan fingerprint density at radius 1 is 1.26 bits per heavy atom. The first-order valence-corrected chi connectivity index (χ1v) is 9.84. The molecule has 0 saturated carbocycles. The number of nitriles is 2. The highest BCUT2D eigenvalue weighted by atomic mass is 16.5. The maximum atomic E-state index is 9.49. The molecule has 1 unspecified atom stereocenters. The zero-order chi connectivity index (χ0) is 22.4. The van der Waals surface area contributed by atoms with E-state index in [-0.39, 0.29) is 23.0 Å². The van der Waals surface area contributed by atoms with Gasteiger partial charge < -0.3 is 26.3 Å². The van der Waals surface area contributed by atoms with Gasteiger partial charge in [0, 0.05) is 11.1 Å². The van der Waals surface area contributed by atoms with Crippen molar-refractivity contribution in [2.45, 2.75) is 32.2 Å². The van der Waals surface area contributed by atoms with Crippen molar-refractivity contribution in [2.24, 2.45) is 4.99 Å². The summed E-state index contributed by atoms with van der Waals surface area (Å²) < 4.78 is 11.6. The molecule has 0 spiro atoms. The van der Waals surface area contributed by atoms with Gasteiger partial charge in [-0.15, -0.1) is 0 Å². The largest absolute Gasteiger partial charge is 0.493 e. The second kappa shape index (κ2) is 9.55. The number of benzene rings is 1. The Bertz CT molecular complexity index is 1080. The SMILES string of the molecule is CCCCCOc1c(OC)cccc1C1N=C(NC#N)Nc2nc(N)c(C#N)c(N)c21. The lowest BCUT2D eigenvalue weighted by atomic mass is 9.94. The van der Waals surface area contributed by atoms with E-state index in [0.29, 0.717) is 35.1 Å². The van der Waals surface area contributed by atoms with Crippen molar-refractivity contribution in [1.29, 1.82) is 10.5 Å². The number of nitrogen functional groups attached to an aromatic ring is 2. The van der Waals surface area contributed by atoms with Crippen LogP contribution in [0.1, 0.15) is 48.9 Å². The molecule has 2 heterocycles. The van der Waals surface area contributed by atoms with Crippen LogP contribution in [0.3, 0.4) is 0 Å². The molecule has 1 aromatic carbocycles. The summed E-state index contributed by atoms with van der Waals surface area (Å²) in [4.78, 5) is 8.87. The van der Waals surface area contributed by atoms with Crippen molar-refractivity contribution in [3.8, 4) is 23.8 Å². The first-order chi connectivity index (χ1) is 15.0. The van der Waals surface area contributed by atoms with Crippen molar-refractivity contribution in [1.82, 2.24) is 10.3 Å². The molecule has 1 aromatic heterocycles. The molecule has 0 saturated heterocycles. The van der Waals surface area contributed by atoms with Gasteiger partial charge in [0.05, 0.1) is 19.4 Å². The fourth-order valence-corrected chi connectivity index (χ4v) is 3.40. The molecule has 0 fully saturated rings. The molecule has 2 aromatic rings. The average molecular weight is 420 g/mol. The molecule has 160 valence electrons. The molecule has 0 radical (unpaired) electrons. The fourth-order valence-electron chi connectivity index (χ4n) is 3.40. The van der Waals surface area contributed by atoms with Crippen LogP contribution in [0.25, 0.3) is 0 Å². The molecule has 6 N–H and O–H groups in total. The minimum atomic E-state index is -0.705. The predicted molar refractivity (Wildman–Crippen MR) is 117 cm³/mol. The van der Waals surface area contributed by atoms with E-state index >= 15 is 0 Å². The highest BCUT2D eigenvalue weighted by Crippen LogP contribution is 2.45. The van der Waals surface area contributed by atoms with Crippen molar-refractivity contribution in [3.05, 3.63) is 34.9 Å².